The van der Waals surface area contributed by atoms with E-state index in [4.69, 9.17) is 4.74 Å². The number of methoxy groups -OCH3 is 1. The largest absolute Gasteiger partial charge is 0.497 e. The Hall–Kier alpha value is -1.92. The van der Waals surface area contributed by atoms with Crippen molar-refractivity contribution in [2.24, 2.45) is 5.92 Å². The number of fused-ring (bicyclic) bond motifs is 2. The second kappa shape index (κ2) is 5.94. The monoisotopic (exact) mass is 329 g/mol. The van der Waals surface area contributed by atoms with Gasteiger partial charge >= 0.3 is 0 Å². The summed E-state index contributed by atoms with van der Waals surface area (Å²) < 4.78 is 5.25. The zero-order valence-corrected chi connectivity index (χ0v) is 13.7. The summed E-state index contributed by atoms with van der Waals surface area (Å²) in [6.45, 7) is 1.09. The molecule has 2 N–H and O–H groups in total. The molecule has 1 aliphatic heterocycles. The molecular formula is C17H19N3O2S. The van der Waals surface area contributed by atoms with Gasteiger partial charge in [-0.15, -0.1) is 11.3 Å². The van der Waals surface area contributed by atoms with Crippen molar-refractivity contribution in [3.8, 4) is 16.2 Å². The van der Waals surface area contributed by atoms with Gasteiger partial charge in [-0.05, 0) is 43.0 Å². The van der Waals surface area contributed by atoms with Gasteiger partial charge in [-0.25, -0.2) is 4.98 Å². The first-order valence-corrected chi connectivity index (χ1v) is 8.69. The minimum absolute atomic E-state index is 0.0662. The van der Waals surface area contributed by atoms with Crippen molar-refractivity contribution in [2.75, 3.05) is 13.7 Å². The molecular weight excluding hydrogens is 310 g/mol. The van der Waals surface area contributed by atoms with Crippen molar-refractivity contribution in [1.29, 1.82) is 0 Å². The first-order valence-electron chi connectivity index (χ1n) is 7.87. The zero-order valence-electron chi connectivity index (χ0n) is 12.9. The topological polar surface area (TPSA) is 63.2 Å². The van der Waals surface area contributed by atoms with Crippen molar-refractivity contribution >= 4 is 17.2 Å². The third-order valence-electron chi connectivity index (χ3n) is 4.70. The highest BCUT2D eigenvalue weighted by atomic mass is 32.1. The quantitative estimate of drug-likeness (QED) is 0.903. The minimum atomic E-state index is -0.0662. The molecule has 120 valence electrons. The number of aromatic nitrogens is 1. The lowest BCUT2D eigenvalue weighted by atomic mass is 10.1. The van der Waals surface area contributed by atoms with E-state index in [9.17, 15) is 4.79 Å². The Morgan fingerprint density at radius 1 is 1.43 bits per heavy atom. The summed E-state index contributed by atoms with van der Waals surface area (Å²) in [5, 5.41) is 7.12. The van der Waals surface area contributed by atoms with Gasteiger partial charge in [-0.3, -0.25) is 4.79 Å². The maximum Gasteiger partial charge on any atom is 0.280 e. The molecule has 3 atom stereocenters. The number of ether oxygens (including phenoxy) is 1. The van der Waals surface area contributed by atoms with Crippen LogP contribution >= 0.6 is 11.3 Å². The van der Waals surface area contributed by atoms with E-state index in [-0.39, 0.29) is 11.9 Å². The molecule has 23 heavy (non-hydrogen) atoms. The van der Waals surface area contributed by atoms with E-state index in [1.54, 1.807) is 13.3 Å². The number of piperidine rings is 1. The van der Waals surface area contributed by atoms with Gasteiger partial charge in [0.2, 0.25) is 0 Å². The molecule has 2 bridgehead atoms. The molecule has 1 aromatic heterocycles. The van der Waals surface area contributed by atoms with Crippen LogP contribution in [0.25, 0.3) is 10.4 Å². The van der Waals surface area contributed by atoms with Crippen molar-refractivity contribution in [1.82, 2.24) is 15.6 Å². The Bertz CT molecular complexity index is 730. The standard InChI is InChI=1S/C17H19N3O2S/c1-22-12-4-2-3-11(7-12)15-9-19-17(23-15)16(21)20-14-6-10-5-13(14)18-8-10/h2-4,7,9-10,13-14,18H,5-6,8H2,1H3,(H,20,21). The van der Waals surface area contributed by atoms with E-state index < -0.39 is 0 Å². The predicted octanol–water partition coefficient (Wildman–Crippen LogP) is 2.30. The molecule has 1 saturated carbocycles. The van der Waals surface area contributed by atoms with Crippen LogP contribution in [-0.2, 0) is 0 Å². The SMILES string of the molecule is COc1cccc(-c2cnc(C(=O)NC3CC4CNC3C4)s2)c1. The van der Waals surface area contributed by atoms with Gasteiger partial charge in [-0.1, -0.05) is 12.1 Å². The number of rotatable bonds is 4. The molecule has 2 heterocycles. The Kier molecular flexibility index (Phi) is 3.79. The third-order valence-corrected chi connectivity index (χ3v) is 5.74. The van der Waals surface area contributed by atoms with Crippen LogP contribution in [0.2, 0.25) is 0 Å². The Labute approximate surface area is 139 Å². The fourth-order valence-electron chi connectivity index (χ4n) is 3.53. The highest BCUT2D eigenvalue weighted by molar-refractivity contribution is 7.17. The van der Waals surface area contributed by atoms with Crippen molar-refractivity contribution in [3.05, 3.63) is 35.5 Å². The summed E-state index contributed by atoms with van der Waals surface area (Å²) in [5.41, 5.74) is 1.02. The Morgan fingerprint density at radius 3 is 3.09 bits per heavy atom. The Morgan fingerprint density at radius 2 is 2.35 bits per heavy atom. The van der Waals surface area contributed by atoms with Crippen molar-refractivity contribution in [3.63, 3.8) is 0 Å². The molecule has 2 fully saturated rings. The number of carbonyl (C=O) groups is 1. The van der Waals surface area contributed by atoms with E-state index >= 15 is 0 Å². The molecule has 1 aliphatic carbocycles. The maximum atomic E-state index is 12.4. The van der Waals surface area contributed by atoms with Crippen LogP contribution in [-0.4, -0.2) is 36.6 Å². The lowest BCUT2D eigenvalue weighted by Gasteiger charge is -2.23. The van der Waals surface area contributed by atoms with E-state index in [1.807, 2.05) is 24.3 Å². The molecule has 1 aromatic carbocycles. The molecule has 0 spiro atoms. The summed E-state index contributed by atoms with van der Waals surface area (Å²) in [7, 11) is 1.65. The van der Waals surface area contributed by atoms with Gasteiger partial charge in [0.1, 0.15) is 5.75 Å². The summed E-state index contributed by atoms with van der Waals surface area (Å²) >= 11 is 1.42. The van der Waals surface area contributed by atoms with Crippen LogP contribution in [0.4, 0.5) is 0 Å². The van der Waals surface area contributed by atoms with Gasteiger partial charge in [0.05, 0.1) is 12.0 Å². The Balaban J connectivity index is 1.47. The van der Waals surface area contributed by atoms with Gasteiger partial charge in [-0.2, -0.15) is 0 Å². The fraction of sp³-hybridized carbons (Fsp3) is 0.412. The van der Waals surface area contributed by atoms with Crippen LogP contribution in [0, 0.1) is 5.92 Å². The van der Waals surface area contributed by atoms with Gasteiger partial charge < -0.3 is 15.4 Å². The fourth-order valence-corrected chi connectivity index (χ4v) is 4.35. The number of hydrogen-bond acceptors (Lipinski definition) is 5. The second-order valence-corrected chi connectivity index (χ2v) is 7.22. The predicted molar refractivity (Wildman–Crippen MR) is 89.9 cm³/mol. The van der Waals surface area contributed by atoms with Crippen LogP contribution < -0.4 is 15.4 Å². The lowest BCUT2D eigenvalue weighted by Crippen LogP contribution is -2.47. The highest BCUT2D eigenvalue weighted by Crippen LogP contribution is 2.32. The van der Waals surface area contributed by atoms with Crippen molar-refractivity contribution in [2.45, 2.75) is 24.9 Å². The van der Waals surface area contributed by atoms with Crippen LogP contribution in [0.3, 0.4) is 0 Å². The summed E-state index contributed by atoms with van der Waals surface area (Å²) in [6, 6.07) is 8.47. The molecule has 1 amide bonds. The van der Waals surface area contributed by atoms with Crippen LogP contribution in [0.15, 0.2) is 30.5 Å². The molecule has 5 nitrogen and oxygen atoms in total. The van der Waals surface area contributed by atoms with E-state index in [0.29, 0.717) is 17.0 Å². The molecule has 4 rings (SSSR count). The average Bonchev–Trinajstić information content (AvgIpc) is 3.31. The van der Waals surface area contributed by atoms with Crippen LogP contribution in [0.1, 0.15) is 22.6 Å². The smallest absolute Gasteiger partial charge is 0.280 e. The molecule has 2 aliphatic rings. The molecule has 6 heteroatoms. The highest BCUT2D eigenvalue weighted by Gasteiger charge is 2.40. The van der Waals surface area contributed by atoms with E-state index in [2.05, 4.69) is 15.6 Å². The first kappa shape index (κ1) is 14.7. The molecule has 0 radical (unpaired) electrons. The number of benzene rings is 1. The molecule has 3 unspecified atom stereocenters. The average molecular weight is 329 g/mol. The molecule has 1 saturated heterocycles. The zero-order chi connectivity index (χ0) is 15.8. The maximum absolute atomic E-state index is 12.4. The number of amides is 1. The van der Waals surface area contributed by atoms with E-state index in [1.165, 1.54) is 17.8 Å². The third kappa shape index (κ3) is 2.84. The first-order chi connectivity index (χ1) is 11.2. The van der Waals surface area contributed by atoms with Gasteiger partial charge in [0, 0.05) is 18.3 Å². The molecule has 2 aromatic rings. The lowest BCUT2D eigenvalue weighted by molar-refractivity contribution is 0.0928. The number of hydrogen-bond donors (Lipinski definition) is 2. The normalized spacial score (nSPS) is 25.5. The minimum Gasteiger partial charge on any atom is -0.497 e. The van der Waals surface area contributed by atoms with E-state index in [0.717, 1.165) is 29.2 Å². The number of nitrogens with one attached hydrogen (secondary N) is 2. The van der Waals surface area contributed by atoms with Crippen molar-refractivity contribution < 1.29 is 9.53 Å². The summed E-state index contributed by atoms with van der Waals surface area (Å²) in [5.74, 6) is 1.45. The number of carbonyl (C=O) groups excluding carboxylic acids is 1. The number of thiazole rings is 1. The van der Waals surface area contributed by atoms with Crippen LogP contribution in [0.5, 0.6) is 5.75 Å². The van der Waals surface area contributed by atoms with Gasteiger partial charge in [0.25, 0.3) is 5.91 Å². The van der Waals surface area contributed by atoms with Gasteiger partial charge in [0.15, 0.2) is 5.01 Å². The number of nitrogens with zero attached hydrogens (tertiary/aromatic N) is 1. The second-order valence-electron chi connectivity index (χ2n) is 6.19. The summed E-state index contributed by atoms with van der Waals surface area (Å²) in [6.07, 6.45) is 4.02. The summed E-state index contributed by atoms with van der Waals surface area (Å²) in [4.78, 5) is 17.7.